The largest absolute Gasteiger partial charge is 0.351 e. The predicted octanol–water partition coefficient (Wildman–Crippen LogP) is 3.93. The molecule has 2 N–H and O–H groups in total. The summed E-state index contributed by atoms with van der Waals surface area (Å²) in [4.78, 5) is 18.3. The Balaban J connectivity index is 1.64. The highest BCUT2D eigenvalue weighted by Crippen LogP contribution is 2.26. The minimum atomic E-state index is -0.00324. The van der Waals surface area contributed by atoms with Gasteiger partial charge in [0.2, 0.25) is 0 Å². The van der Waals surface area contributed by atoms with E-state index in [0.717, 1.165) is 30.5 Å². The monoisotopic (exact) mass is 341 g/mol. The van der Waals surface area contributed by atoms with E-state index in [1.807, 2.05) is 6.07 Å². The molecule has 1 aromatic heterocycles. The van der Waals surface area contributed by atoms with Crippen molar-refractivity contribution in [2.75, 3.05) is 19.6 Å². The summed E-state index contributed by atoms with van der Waals surface area (Å²) < 4.78 is 0. The van der Waals surface area contributed by atoms with Crippen LogP contribution < -0.4 is 5.32 Å². The maximum Gasteiger partial charge on any atom is 0.267 e. The van der Waals surface area contributed by atoms with Crippen LogP contribution in [0.15, 0.2) is 24.3 Å². The molecule has 0 spiro atoms. The number of benzene rings is 1. The third kappa shape index (κ3) is 4.06. The SMILES string of the molecule is CC(C)N1CCC(CNC(=O)c2cc3ccc(C(C)(C)C)cc3[nH]2)C1. The topological polar surface area (TPSA) is 48.1 Å². The van der Waals surface area contributed by atoms with Gasteiger partial charge in [0, 0.05) is 30.0 Å². The van der Waals surface area contributed by atoms with Crippen LogP contribution in [-0.2, 0) is 5.41 Å². The molecule has 3 rings (SSSR count). The molecule has 0 radical (unpaired) electrons. The third-order valence-electron chi connectivity index (χ3n) is 5.33. The number of fused-ring (bicyclic) bond motifs is 1. The molecule has 4 heteroatoms. The van der Waals surface area contributed by atoms with Crippen molar-refractivity contribution in [3.05, 3.63) is 35.5 Å². The number of hydrogen-bond acceptors (Lipinski definition) is 2. The van der Waals surface area contributed by atoms with Gasteiger partial charge >= 0.3 is 0 Å². The summed E-state index contributed by atoms with van der Waals surface area (Å²) in [6, 6.07) is 8.94. The zero-order chi connectivity index (χ0) is 18.2. The maximum absolute atomic E-state index is 12.5. The normalized spacial score (nSPS) is 19.0. The molecule has 1 saturated heterocycles. The molecule has 136 valence electrons. The highest BCUT2D eigenvalue weighted by Gasteiger charge is 2.24. The molecule has 1 unspecified atom stereocenters. The first-order chi connectivity index (χ1) is 11.7. The summed E-state index contributed by atoms with van der Waals surface area (Å²) >= 11 is 0. The number of nitrogens with zero attached hydrogens (tertiary/aromatic N) is 1. The number of likely N-dealkylation sites (tertiary alicyclic amines) is 1. The van der Waals surface area contributed by atoms with Gasteiger partial charge in [-0.15, -0.1) is 0 Å². The van der Waals surface area contributed by atoms with Gasteiger partial charge in [-0.2, -0.15) is 0 Å². The molecule has 0 bridgehead atoms. The molecule has 1 amide bonds. The molecule has 1 aromatic carbocycles. The fourth-order valence-electron chi connectivity index (χ4n) is 3.55. The van der Waals surface area contributed by atoms with Gasteiger partial charge in [0.1, 0.15) is 5.69 Å². The average Bonchev–Trinajstić information content (AvgIpc) is 3.17. The van der Waals surface area contributed by atoms with E-state index in [-0.39, 0.29) is 11.3 Å². The van der Waals surface area contributed by atoms with Crippen molar-refractivity contribution in [2.45, 2.75) is 52.5 Å². The molecule has 2 heterocycles. The smallest absolute Gasteiger partial charge is 0.267 e. The van der Waals surface area contributed by atoms with Crippen LogP contribution in [0.3, 0.4) is 0 Å². The van der Waals surface area contributed by atoms with E-state index in [4.69, 9.17) is 0 Å². The molecule has 1 fully saturated rings. The molecule has 0 aliphatic carbocycles. The third-order valence-corrected chi connectivity index (χ3v) is 5.33. The highest BCUT2D eigenvalue weighted by atomic mass is 16.1. The number of H-pyrrole nitrogens is 1. The Kier molecular flexibility index (Phi) is 4.92. The van der Waals surface area contributed by atoms with Gasteiger partial charge in [0.15, 0.2) is 0 Å². The van der Waals surface area contributed by atoms with Gasteiger partial charge in [-0.1, -0.05) is 32.9 Å². The second kappa shape index (κ2) is 6.83. The lowest BCUT2D eigenvalue weighted by atomic mass is 9.87. The molecule has 2 aromatic rings. The zero-order valence-corrected chi connectivity index (χ0v) is 16.1. The first-order valence-electron chi connectivity index (χ1n) is 9.39. The quantitative estimate of drug-likeness (QED) is 0.885. The van der Waals surface area contributed by atoms with Gasteiger partial charge in [-0.25, -0.2) is 0 Å². The zero-order valence-electron chi connectivity index (χ0n) is 16.1. The lowest BCUT2D eigenvalue weighted by molar-refractivity contribution is 0.0943. The Morgan fingerprint density at radius 1 is 1.32 bits per heavy atom. The summed E-state index contributed by atoms with van der Waals surface area (Å²) in [6.45, 7) is 14.0. The molecule has 25 heavy (non-hydrogen) atoms. The molecular weight excluding hydrogens is 310 g/mol. The molecule has 0 saturated carbocycles. The average molecular weight is 341 g/mol. The van der Waals surface area contributed by atoms with Crippen molar-refractivity contribution >= 4 is 16.8 Å². The first-order valence-corrected chi connectivity index (χ1v) is 9.39. The molecule has 1 aliphatic heterocycles. The van der Waals surface area contributed by atoms with Gasteiger partial charge in [-0.3, -0.25) is 4.79 Å². The van der Waals surface area contributed by atoms with Crippen molar-refractivity contribution in [3.8, 4) is 0 Å². The summed E-state index contributed by atoms with van der Waals surface area (Å²) in [7, 11) is 0. The second-order valence-electron chi connectivity index (χ2n) is 8.69. The van der Waals surface area contributed by atoms with Crippen LogP contribution in [0.2, 0.25) is 0 Å². The van der Waals surface area contributed by atoms with E-state index in [1.165, 1.54) is 12.0 Å². The van der Waals surface area contributed by atoms with E-state index in [1.54, 1.807) is 0 Å². The van der Waals surface area contributed by atoms with Crippen molar-refractivity contribution < 1.29 is 4.79 Å². The summed E-state index contributed by atoms with van der Waals surface area (Å²) in [5.41, 5.74) is 3.06. The van der Waals surface area contributed by atoms with Crippen LogP contribution in [0.25, 0.3) is 10.9 Å². The van der Waals surface area contributed by atoms with Crippen molar-refractivity contribution in [1.29, 1.82) is 0 Å². The number of carbonyl (C=O) groups is 1. The number of aromatic nitrogens is 1. The van der Waals surface area contributed by atoms with Gasteiger partial charge in [-0.05, 0) is 55.8 Å². The van der Waals surface area contributed by atoms with E-state index >= 15 is 0 Å². The first kappa shape index (κ1) is 18.0. The summed E-state index contributed by atoms with van der Waals surface area (Å²) in [5, 5.41) is 4.20. The van der Waals surface area contributed by atoms with Crippen LogP contribution >= 0.6 is 0 Å². The Morgan fingerprint density at radius 3 is 2.72 bits per heavy atom. The molecular formula is C21H31N3O. The lowest BCUT2D eigenvalue weighted by Gasteiger charge is -2.20. The fraction of sp³-hybridized carbons (Fsp3) is 0.571. The van der Waals surface area contributed by atoms with E-state index < -0.39 is 0 Å². The van der Waals surface area contributed by atoms with Crippen LogP contribution in [0.4, 0.5) is 0 Å². The van der Waals surface area contributed by atoms with Gasteiger partial charge < -0.3 is 15.2 Å². The predicted molar refractivity (Wildman–Crippen MR) is 104 cm³/mol. The number of hydrogen-bond donors (Lipinski definition) is 2. The highest BCUT2D eigenvalue weighted by molar-refractivity contribution is 5.98. The van der Waals surface area contributed by atoms with Gasteiger partial charge in [0.25, 0.3) is 5.91 Å². The summed E-state index contributed by atoms with van der Waals surface area (Å²) in [6.07, 6.45) is 1.17. The van der Waals surface area contributed by atoms with E-state index in [0.29, 0.717) is 17.7 Å². The maximum atomic E-state index is 12.5. The lowest BCUT2D eigenvalue weighted by Crippen LogP contribution is -2.33. The minimum Gasteiger partial charge on any atom is -0.351 e. The van der Waals surface area contributed by atoms with E-state index in [2.05, 4.69) is 68.0 Å². The van der Waals surface area contributed by atoms with Crippen LogP contribution in [0.1, 0.15) is 57.1 Å². The Labute approximate surface area is 151 Å². The van der Waals surface area contributed by atoms with Crippen molar-refractivity contribution in [1.82, 2.24) is 15.2 Å². The molecule has 4 nitrogen and oxygen atoms in total. The Morgan fingerprint density at radius 2 is 2.08 bits per heavy atom. The number of nitrogens with one attached hydrogen (secondary N) is 2. The molecule has 1 aliphatic rings. The van der Waals surface area contributed by atoms with Gasteiger partial charge in [0.05, 0.1) is 0 Å². The van der Waals surface area contributed by atoms with Crippen molar-refractivity contribution in [3.63, 3.8) is 0 Å². The van der Waals surface area contributed by atoms with Crippen molar-refractivity contribution in [2.24, 2.45) is 5.92 Å². The second-order valence-corrected chi connectivity index (χ2v) is 8.69. The number of carbonyl (C=O) groups excluding carboxylic acids is 1. The fourth-order valence-corrected chi connectivity index (χ4v) is 3.55. The minimum absolute atomic E-state index is 0.00324. The Bertz CT molecular complexity index is 754. The summed E-state index contributed by atoms with van der Waals surface area (Å²) in [5.74, 6) is 0.555. The number of aromatic amines is 1. The van der Waals surface area contributed by atoms with Crippen LogP contribution in [0, 0.1) is 5.92 Å². The van der Waals surface area contributed by atoms with E-state index in [9.17, 15) is 4.79 Å². The Hall–Kier alpha value is -1.81. The number of amides is 1. The van der Waals surface area contributed by atoms with Crippen LogP contribution in [0.5, 0.6) is 0 Å². The van der Waals surface area contributed by atoms with Crippen LogP contribution in [-0.4, -0.2) is 41.5 Å². The number of rotatable bonds is 4. The standard InChI is InChI=1S/C21H31N3O/c1-14(2)24-9-8-15(13-24)12-22-20(25)19-10-16-6-7-17(21(3,4)5)11-18(16)23-19/h6-7,10-11,14-15,23H,8-9,12-13H2,1-5H3,(H,22,25). The molecule has 1 atom stereocenters.